The predicted molar refractivity (Wildman–Crippen MR) is 104 cm³/mol. The summed E-state index contributed by atoms with van der Waals surface area (Å²) >= 11 is 0. The highest BCUT2D eigenvalue weighted by Crippen LogP contribution is 2.29. The van der Waals surface area contributed by atoms with Gasteiger partial charge < -0.3 is 10.2 Å². The molecule has 0 spiro atoms. The lowest BCUT2D eigenvalue weighted by Gasteiger charge is -2.20. The first-order valence-corrected chi connectivity index (χ1v) is 9.74. The molecule has 150 valence electrons. The number of rotatable bonds is 8. The summed E-state index contributed by atoms with van der Waals surface area (Å²) in [7, 11) is -3.99. The number of aromatic hydroxyl groups is 2. The van der Waals surface area contributed by atoms with Crippen molar-refractivity contribution in [3.8, 4) is 11.5 Å². The number of phenolic OH excluding ortho intramolecular Hbond substituents is 2. The molecule has 0 fully saturated rings. The molecule has 0 saturated carbocycles. The van der Waals surface area contributed by atoms with Crippen molar-refractivity contribution >= 4 is 27.6 Å². The Balaban J connectivity index is 2.43. The van der Waals surface area contributed by atoms with E-state index in [2.05, 4.69) is 10.5 Å². The van der Waals surface area contributed by atoms with Gasteiger partial charge in [-0.3, -0.25) is 15.5 Å². The Hall–Kier alpha value is -3.18. The average molecular weight is 408 g/mol. The maximum Gasteiger partial charge on any atom is 0.270 e. The monoisotopic (exact) mass is 408 g/mol. The van der Waals surface area contributed by atoms with Gasteiger partial charge >= 0.3 is 0 Å². The summed E-state index contributed by atoms with van der Waals surface area (Å²) in [6, 6.07) is 7.29. The summed E-state index contributed by atoms with van der Waals surface area (Å²) in [5.74, 6) is -0.337. The quantitative estimate of drug-likeness (QED) is 0.345. The zero-order valence-electron chi connectivity index (χ0n) is 15.2. The number of hydrazone groups is 1. The van der Waals surface area contributed by atoms with Gasteiger partial charge in [-0.2, -0.15) is 9.41 Å². The fraction of sp³-hybridized carbons (Fsp3) is 0.235. The second-order valence-corrected chi connectivity index (χ2v) is 7.55. The minimum absolute atomic E-state index is 0.0482. The summed E-state index contributed by atoms with van der Waals surface area (Å²) in [6.07, 6.45) is 1.23. The van der Waals surface area contributed by atoms with E-state index in [0.29, 0.717) is 0 Å². The minimum atomic E-state index is -3.99. The van der Waals surface area contributed by atoms with Gasteiger partial charge in [-0.15, -0.1) is 0 Å². The smallest absolute Gasteiger partial charge is 0.270 e. The molecule has 0 atom stereocenters. The molecule has 0 radical (unpaired) electrons. The maximum absolute atomic E-state index is 12.9. The van der Waals surface area contributed by atoms with Crippen LogP contribution in [0.2, 0.25) is 0 Å². The molecule has 0 bridgehead atoms. The van der Waals surface area contributed by atoms with Gasteiger partial charge in [0.2, 0.25) is 10.0 Å². The van der Waals surface area contributed by atoms with Gasteiger partial charge in [-0.05, 0) is 18.2 Å². The fourth-order valence-electron chi connectivity index (χ4n) is 2.45. The van der Waals surface area contributed by atoms with E-state index in [-0.39, 0.29) is 46.4 Å². The molecule has 0 saturated heterocycles. The van der Waals surface area contributed by atoms with Crippen molar-refractivity contribution in [1.82, 2.24) is 4.31 Å². The van der Waals surface area contributed by atoms with Crippen LogP contribution in [-0.2, 0) is 10.0 Å². The Morgan fingerprint density at radius 1 is 1.18 bits per heavy atom. The van der Waals surface area contributed by atoms with Crippen LogP contribution in [0.1, 0.15) is 19.4 Å². The third kappa shape index (κ3) is 4.56. The Bertz CT molecular complexity index is 1000. The Kier molecular flexibility index (Phi) is 6.54. The van der Waals surface area contributed by atoms with E-state index in [9.17, 15) is 28.7 Å². The number of nitrogens with zero attached hydrogens (tertiary/aromatic N) is 3. The Morgan fingerprint density at radius 3 is 2.43 bits per heavy atom. The molecule has 28 heavy (non-hydrogen) atoms. The summed E-state index contributed by atoms with van der Waals surface area (Å²) in [5, 5.41) is 34.0. The second kappa shape index (κ2) is 8.67. The molecule has 0 unspecified atom stereocenters. The van der Waals surface area contributed by atoms with E-state index in [1.807, 2.05) is 0 Å². The molecular formula is C17H20N4O6S. The molecular weight excluding hydrogens is 388 g/mol. The highest BCUT2D eigenvalue weighted by atomic mass is 32.2. The van der Waals surface area contributed by atoms with Crippen LogP contribution < -0.4 is 5.43 Å². The van der Waals surface area contributed by atoms with Crippen molar-refractivity contribution in [2.75, 3.05) is 18.5 Å². The van der Waals surface area contributed by atoms with Crippen LogP contribution in [0.3, 0.4) is 0 Å². The van der Waals surface area contributed by atoms with Gasteiger partial charge in [-0.1, -0.05) is 13.8 Å². The third-order valence-corrected chi connectivity index (χ3v) is 5.99. The number of nitro groups is 1. The zero-order chi connectivity index (χ0) is 20.9. The van der Waals surface area contributed by atoms with Crippen molar-refractivity contribution in [3.63, 3.8) is 0 Å². The predicted octanol–water partition coefficient (Wildman–Crippen LogP) is 2.48. The topological polar surface area (TPSA) is 145 Å². The summed E-state index contributed by atoms with van der Waals surface area (Å²) < 4.78 is 26.9. The highest BCUT2D eigenvalue weighted by molar-refractivity contribution is 7.89. The molecule has 0 amide bonds. The normalized spacial score (nSPS) is 11.8. The first-order chi connectivity index (χ1) is 13.2. The van der Waals surface area contributed by atoms with E-state index >= 15 is 0 Å². The van der Waals surface area contributed by atoms with Crippen LogP contribution in [0.15, 0.2) is 46.4 Å². The largest absolute Gasteiger partial charge is 0.508 e. The van der Waals surface area contributed by atoms with Gasteiger partial charge in [-0.25, -0.2) is 8.42 Å². The maximum atomic E-state index is 12.9. The molecule has 0 heterocycles. The summed E-state index contributed by atoms with van der Waals surface area (Å²) in [6.45, 7) is 3.73. The number of nitro benzene ring substituents is 1. The van der Waals surface area contributed by atoms with Crippen molar-refractivity contribution < 1.29 is 23.6 Å². The number of phenols is 2. The van der Waals surface area contributed by atoms with E-state index < -0.39 is 14.9 Å². The van der Waals surface area contributed by atoms with Crippen molar-refractivity contribution in [3.05, 3.63) is 52.1 Å². The van der Waals surface area contributed by atoms with Crippen LogP contribution in [-0.4, -0.2) is 47.2 Å². The van der Waals surface area contributed by atoms with E-state index in [1.165, 1.54) is 28.7 Å². The number of anilines is 1. The standard InChI is InChI=1S/C17H20N4O6S/c1-3-20(4-2)28(26,27)17-9-13(21(24)25)6-8-15(17)19-18-11-12-5-7-14(22)10-16(12)23/h5-11,19,22-23H,3-4H2,1-2H3/b18-11+. The van der Waals surface area contributed by atoms with Crippen LogP contribution in [0.25, 0.3) is 0 Å². The Morgan fingerprint density at radius 2 is 1.86 bits per heavy atom. The number of sulfonamides is 1. The average Bonchev–Trinajstić information content (AvgIpc) is 2.64. The lowest BCUT2D eigenvalue weighted by Crippen LogP contribution is -2.31. The molecule has 0 aliphatic heterocycles. The van der Waals surface area contributed by atoms with Crippen molar-refractivity contribution in [2.24, 2.45) is 5.10 Å². The zero-order valence-corrected chi connectivity index (χ0v) is 16.0. The van der Waals surface area contributed by atoms with Gasteiger partial charge in [0.25, 0.3) is 5.69 Å². The van der Waals surface area contributed by atoms with Gasteiger partial charge in [0.15, 0.2) is 0 Å². The number of non-ortho nitro benzene ring substituents is 1. The molecule has 3 N–H and O–H groups in total. The van der Waals surface area contributed by atoms with Crippen LogP contribution in [0.4, 0.5) is 11.4 Å². The molecule has 10 nitrogen and oxygen atoms in total. The van der Waals surface area contributed by atoms with E-state index in [1.54, 1.807) is 13.8 Å². The molecule has 0 aliphatic carbocycles. The minimum Gasteiger partial charge on any atom is -0.508 e. The van der Waals surface area contributed by atoms with Gasteiger partial charge in [0.1, 0.15) is 16.4 Å². The number of benzene rings is 2. The first-order valence-electron chi connectivity index (χ1n) is 8.30. The van der Waals surface area contributed by atoms with Crippen molar-refractivity contribution in [2.45, 2.75) is 18.7 Å². The third-order valence-electron chi connectivity index (χ3n) is 3.90. The van der Waals surface area contributed by atoms with E-state index in [0.717, 1.165) is 18.2 Å². The highest BCUT2D eigenvalue weighted by Gasteiger charge is 2.27. The SMILES string of the molecule is CCN(CC)S(=O)(=O)c1cc([N+](=O)[O-])ccc1N/N=C/c1ccc(O)cc1O. The van der Waals surface area contributed by atoms with Crippen LogP contribution in [0.5, 0.6) is 11.5 Å². The van der Waals surface area contributed by atoms with Crippen molar-refractivity contribution in [1.29, 1.82) is 0 Å². The second-order valence-electron chi connectivity index (χ2n) is 5.64. The number of nitrogens with one attached hydrogen (secondary N) is 1. The summed E-state index contributed by atoms with van der Waals surface area (Å²) in [4.78, 5) is 10.1. The van der Waals surface area contributed by atoms with Crippen LogP contribution in [0, 0.1) is 10.1 Å². The Labute approximate surface area is 161 Å². The molecule has 2 aromatic rings. The first kappa shape index (κ1) is 21.1. The molecule has 0 aromatic heterocycles. The van der Waals surface area contributed by atoms with Crippen LogP contribution >= 0.6 is 0 Å². The van der Waals surface area contributed by atoms with E-state index in [4.69, 9.17) is 0 Å². The molecule has 2 aromatic carbocycles. The summed E-state index contributed by atoms with van der Waals surface area (Å²) in [5.41, 5.74) is 2.51. The number of hydrogen-bond donors (Lipinski definition) is 3. The molecule has 0 aliphatic rings. The van der Waals surface area contributed by atoms with Gasteiger partial charge in [0, 0.05) is 36.9 Å². The lowest BCUT2D eigenvalue weighted by molar-refractivity contribution is -0.385. The molecule has 11 heteroatoms. The lowest BCUT2D eigenvalue weighted by atomic mass is 10.2. The molecule has 2 rings (SSSR count). The van der Waals surface area contributed by atoms with Gasteiger partial charge in [0.05, 0.1) is 16.8 Å². The number of hydrogen-bond acceptors (Lipinski definition) is 8. The fourth-order valence-corrected chi connectivity index (χ4v) is 4.06.